The van der Waals surface area contributed by atoms with Gasteiger partial charge in [-0.05, 0) is 12.0 Å². The number of primary amides is 1. The van der Waals surface area contributed by atoms with Gasteiger partial charge in [-0.2, -0.15) is 0 Å². The lowest BCUT2D eigenvalue weighted by molar-refractivity contribution is -0.147. The molecular formula is C16H19N3O5. The Morgan fingerprint density at radius 3 is 2.58 bits per heavy atom. The predicted octanol–water partition coefficient (Wildman–Crippen LogP) is -0.631. The predicted molar refractivity (Wildman–Crippen MR) is 83.1 cm³/mol. The molecule has 0 spiro atoms. The molecule has 3 amide bonds. The topological polar surface area (TPSA) is 128 Å². The third-order valence-electron chi connectivity index (χ3n) is 3.59. The second-order valence-electron chi connectivity index (χ2n) is 5.47. The Balaban J connectivity index is 1.83. The van der Waals surface area contributed by atoms with Crippen molar-refractivity contribution in [1.29, 1.82) is 0 Å². The van der Waals surface area contributed by atoms with Crippen molar-refractivity contribution in [3.05, 3.63) is 35.9 Å². The first-order valence-electron chi connectivity index (χ1n) is 7.54. The van der Waals surface area contributed by atoms with Gasteiger partial charge in [0.15, 0.2) is 0 Å². The maximum absolute atomic E-state index is 12.0. The fourth-order valence-corrected chi connectivity index (χ4v) is 2.27. The quantitative estimate of drug-likeness (QED) is 0.572. The van der Waals surface area contributed by atoms with E-state index in [2.05, 4.69) is 10.6 Å². The molecule has 0 saturated carbocycles. The van der Waals surface area contributed by atoms with E-state index >= 15 is 0 Å². The minimum Gasteiger partial charge on any atom is -0.461 e. The third-order valence-corrected chi connectivity index (χ3v) is 3.59. The number of ether oxygens (including phenoxy) is 1. The van der Waals surface area contributed by atoms with Gasteiger partial charge in [-0.1, -0.05) is 30.3 Å². The summed E-state index contributed by atoms with van der Waals surface area (Å²) in [6, 6.07) is 7.16. The standard InChI is InChI=1S/C16H19N3O5/c17-15(22)12(19-16(23)11-6-7-13(20)18-11)8-14(21)24-9-10-4-2-1-3-5-10/h1-5,11-12H,6-9H2,(H2,17,22)(H,18,20)(H,19,23)/t11-,12+/m1/s1. The van der Waals surface area contributed by atoms with Crippen LogP contribution < -0.4 is 16.4 Å². The van der Waals surface area contributed by atoms with Crippen LogP contribution in [0.15, 0.2) is 30.3 Å². The molecule has 8 heteroatoms. The summed E-state index contributed by atoms with van der Waals surface area (Å²) in [6.45, 7) is 0.0672. The number of carbonyl (C=O) groups is 4. The number of esters is 1. The summed E-state index contributed by atoms with van der Waals surface area (Å²) in [6.07, 6.45) is 0.224. The number of benzene rings is 1. The smallest absolute Gasteiger partial charge is 0.308 e. The van der Waals surface area contributed by atoms with Crippen LogP contribution in [-0.2, 0) is 30.5 Å². The fourth-order valence-electron chi connectivity index (χ4n) is 2.27. The van der Waals surface area contributed by atoms with E-state index in [9.17, 15) is 19.2 Å². The van der Waals surface area contributed by atoms with Crippen molar-refractivity contribution in [3.63, 3.8) is 0 Å². The van der Waals surface area contributed by atoms with Gasteiger partial charge < -0.3 is 21.1 Å². The Kier molecular flexibility index (Phi) is 5.89. The first-order valence-corrected chi connectivity index (χ1v) is 7.54. The van der Waals surface area contributed by atoms with Gasteiger partial charge in [-0.15, -0.1) is 0 Å². The summed E-state index contributed by atoms with van der Waals surface area (Å²) in [5.74, 6) is -2.27. The molecule has 1 heterocycles. The van der Waals surface area contributed by atoms with Crippen LogP contribution in [0.4, 0.5) is 0 Å². The molecule has 0 unspecified atom stereocenters. The zero-order valence-corrected chi connectivity index (χ0v) is 13.0. The summed E-state index contributed by atoms with van der Waals surface area (Å²) in [4.78, 5) is 46.4. The van der Waals surface area contributed by atoms with Crippen molar-refractivity contribution >= 4 is 23.7 Å². The Hall–Kier alpha value is -2.90. The van der Waals surface area contributed by atoms with Crippen molar-refractivity contribution in [3.8, 4) is 0 Å². The number of hydrogen-bond donors (Lipinski definition) is 3. The second-order valence-corrected chi connectivity index (χ2v) is 5.47. The molecular weight excluding hydrogens is 314 g/mol. The fraction of sp³-hybridized carbons (Fsp3) is 0.375. The van der Waals surface area contributed by atoms with Crippen molar-refractivity contribution in [2.24, 2.45) is 5.73 Å². The minimum atomic E-state index is -1.18. The molecule has 2 rings (SSSR count). The van der Waals surface area contributed by atoms with Crippen LogP contribution in [0.25, 0.3) is 0 Å². The minimum absolute atomic E-state index is 0.0672. The third kappa shape index (κ3) is 5.08. The number of nitrogens with two attached hydrogens (primary N) is 1. The van der Waals surface area contributed by atoms with Crippen molar-refractivity contribution in [2.75, 3.05) is 0 Å². The number of rotatable bonds is 7. The van der Waals surface area contributed by atoms with E-state index in [4.69, 9.17) is 10.5 Å². The van der Waals surface area contributed by atoms with E-state index in [1.165, 1.54) is 0 Å². The molecule has 128 valence electrons. The molecule has 1 aromatic carbocycles. The number of hydrogen-bond acceptors (Lipinski definition) is 5. The highest BCUT2D eigenvalue weighted by Crippen LogP contribution is 2.08. The van der Waals surface area contributed by atoms with Crippen LogP contribution in [0.5, 0.6) is 0 Å². The molecule has 4 N–H and O–H groups in total. The lowest BCUT2D eigenvalue weighted by atomic mass is 10.1. The zero-order valence-electron chi connectivity index (χ0n) is 13.0. The van der Waals surface area contributed by atoms with Gasteiger partial charge in [0.25, 0.3) is 0 Å². The van der Waals surface area contributed by atoms with Crippen LogP contribution in [0, 0.1) is 0 Å². The first-order chi connectivity index (χ1) is 11.5. The molecule has 0 aromatic heterocycles. The normalized spacial score (nSPS) is 17.7. The SMILES string of the molecule is NC(=O)[C@H](CC(=O)OCc1ccccc1)NC(=O)[C@H]1CCC(=O)N1. The highest BCUT2D eigenvalue weighted by molar-refractivity contribution is 5.94. The van der Waals surface area contributed by atoms with Gasteiger partial charge in [0.1, 0.15) is 18.7 Å². The first kappa shape index (κ1) is 17.5. The molecule has 1 aromatic rings. The zero-order chi connectivity index (χ0) is 17.5. The van der Waals surface area contributed by atoms with E-state index in [-0.39, 0.29) is 25.4 Å². The molecule has 0 bridgehead atoms. The molecule has 0 radical (unpaired) electrons. The summed E-state index contributed by atoms with van der Waals surface area (Å²) in [7, 11) is 0. The molecule has 1 aliphatic heterocycles. The van der Waals surface area contributed by atoms with E-state index in [0.717, 1.165) is 5.56 Å². The van der Waals surface area contributed by atoms with Crippen LogP contribution >= 0.6 is 0 Å². The van der Waals surface area contributed by atoms with Gasteiger partial charge >= 0.3 is 5.97 Å². The molecule has 1 saturated heterocycles. The lowest BCUT2D eigenvalue weighted by Crippen LogP contribution is -2.51. The van der Waals surface area contributed by atoms with Crippen LogP contribution in [0.1, 0.15) is 24.8 Å². The summed E-state index contributed by atoms with van der Waals surface area (Å²) < 4.78 is 5.07. The van der Waals surface area contributed by atoms with Gasteiger partial charge in [0.2, 0.25) is 17.7 Å². The highest BCUT2D eigenvalue weighted by Gasteiger charge is 2.30. The van der Waals surface area contributed by atoms with E-state index in [0.29, 0.717) is 6.42 Å². The van der Waals surface area contributed by atoms with E-state index in [1.807, 2.05) is 18.2 Å². The largest absolute Gasteiger partial charge is 0.461 e. The maximum atomic E-state index is 12.0. The average molecular weight is 333 g/mol. The Labute approximate surface area is 138 Å². The summed E-state index contributed by atoms with van der Waals surface area (Å²) >= 11 is 0. The summed E-state index contributed by atoms with van der Waals surface area (Å²) in [5, 5.41) is 4.86. The molecule has 1 fully saturated rings. The van der Waals surface area contributed by atoms with Crippen LogP contribution in [-0.4, -0.2) is 35.8 Å². The molecule has 0 aliphatic carbocycles. The molecule has 2 atom stereocenters. The van der Waals surface area contributed by atoms with Crippen LogP contribution in [0.3, 0.4) is 0 Å². The van der Waals surface area contributed by atoms with Crippen molar-refractivity contribution in [2.45, 2.75) is 38.0 Å². The number of carbonyl (C=O) groups excluding carboxylic acids is 4. The highest BCUT2D eigenvalue weighted by atomic mass is 16.5. The van der Waals surface area contributed by atoms with Crippen molar-refractivity contribution < 1.29 is 23.9 Å². The van der Waals surface area contributed by atoms with Crippen molar-refractivity contribution in [1.82, 2.24) is 10.6 Å². The molecule has 1 aliphatic rings. The van der Waals surface area contributed by atoms with Crippen LogP contribution in [0.2, 0.25) is 0 Å². The van der Waals surface area contributed by atoms with Gasteiger partial charge in [0.05, 0.1) is 6.42 Å². The monoisotopic (exact) mass is 333 g/mol. The lowest BCUT2D eigenvalue weighted by Gasteiger charge is -2.17. The Bertz CT molecular complexity index is 632. The maximum Gasteiger partial charge on any atom is 0.308 e. The average Bonchev–Trinajstić information content (AvgIpc) is 3.00. The number of nitrogens with one attached hydrogen (secondary N) is 2. The number of amides is 3. The molecule has 24 heavy (non-hydrogen) atoms. The van der Waals surface area contributed by atoms with Gasteiger partial charge in [-0.25, -0.2) is 0 Å². The Morgan fingerprint density at radius 2 is 2.00 bits per heavy atom. The Morgan fingerprint density at radius 1 is 1.29 bits per heavy atom. The molecule has 8 nitrogen and oxygen atoms in total. The summed E-state index contributed by atoms with van der Waals surface area (Å²) in [5.41, 5.74) is 6.02. The second kappa shape index (κ2) is 8.09. The van der Waals surface area contributed by atoms with Gasteiger partial charge in [-0.3, -0.25) is 19.2 Å². The van der Waals surface area contributed by atoms with E-state index < -0.39 is 29.9 Å². The van der Waals surface area contributed by atoms with E-state index in [1.54, 1.807) is 12.1 Å². The van der Waals surface area contributed by atoms with Gasteiger partial charge in [0, 0.05) is 6.42 Å².